The Hall–Kier alpha value is -3.22. The number of hydrogen-bond donors (Lipinski definition) is 1. The average Bonchev–Trinajstić information content (AvgIpc) is 3.41. The summed E-state index contributed by atoms with van der Waals surface area (Å²) in [5, 5.41) is 8.46. The predicted molar refractivity (Wildman–Crippen MR) is 104 cm³/mol. The number of nitrogens with one attached hydrogen (secondary N) is 1. The van der Waals surface area contributed by atoms with Crippen LogP contribution >= 0.6 is 0 Å². The van der Waals surface area contributed by atoms with Crippen molar-refractivity contribution >= 4 is 22.7 Å². The van der Waals surface area contributed by atoms with Gasteiger partial charge in [0.1, 0.15) is 0 Å². The minimum atomic E-state index is -0.138. The zero-order valence-electron chi connectivity index (χ0n) is 15.6. The number of hydrogen-bond acceptors (Lipinski definition) is 4. The first-order chi connectivity index (χ1) is 13.6. The lowest BCUT2D eigenvalue weighted by atomic mass is 10.0. The lowest BCUT2D eigenvalue weighted by Crippen LogP contribution is -2.52. The summed E-state index contributed by atoms with van der Waals surface area (Å²) >= 11 is 0. The van der Waals surface area contributed by atoms with E-state index in [4.69, 9.17) is 0 Å². The second-order valence-electron chi connectivity index (χ2n) is 7.67. The van der Waals surface area contributed by atoms with Gasteiger partial charge in [-0.3, -0.25) is 19.3 Å². The number of amides is 2. The quantitative estimate of drug-likeness (QED) is 0.759. The third-order valence-corrected chi connectivity index (χ3v) is 5.94. The summed E-state index contributed by atoms with van der Waals surface area (Å²) in [5.41, 5.74) is 1.97. The van der Waals surface area contributed by atoms with E-state index >= 15 is 0 Å². The molecule has 2 aliphatic rings. The monoisotopic (exact) mass is 375 g/mol. The molecule has 0 spiro atoms. The molecule has 2 bridgehead atoms. The first kappa shape index (κ1) is 16.9. The SMILES string of the molecule is Cn1nc(C(=O)N2C[C@@H]3C[C@H](NC(=O)c4cccnc4)[C@H]2C3)c2ccccc21. The second kappa shape index (κ2) is 6.44. The maximum Gasteiger partial charge on any atom is 0.275 e. The molecule has 7 nitrogen and oxygen atoms in total. The molecule has 1 N–H and O–H groups in total. The second-order valence-corrected chi connectivity index (χ2v) is 7.67. The fourth-order valence-corrected chi connectivity index (χ4v) is 4.67. The molecule has 28 heavy (non-hydrogen) atoms. The normalized spacial score (nSPS) is 23.3. The highest BCUT2D eigenvalue weighted by atomic mass is 16.2. The van der Waals surface area contributed by atoms with Crippen molar-refractivity contribution in [2.24, 2.45) is 13.0 Å². The van der Waals surface area contributed by atoms with Crippen LogP contribution in [0.2, 0.25) is 0 Å². The lowest BCUT2D eigenvalue weighted by molar-refractivity contribution is 0.0644. The first-order valence-electron chi connectivity index (χ1n) is 9.55. The van der Waals surface area contributed by atoms with Gasteiger partial charge >= 0.3 is 0 Å². The fourth-order valence-electron chi connectivity index (χ4n) is 4.67. The van der Waals surface area contributed by atoms with Gasteiger partial charge in [-0.05, 0) is 37.0 Å². The number of piperidine rings is 1. The molecule has 3 atom stereocenters. The zero-order valence-corrected chi connectivity index (χ0v) is 15.6. The standard InChI is InChI=1S/C21H21N5O2/c1-25-17-7-3-2-6-15(17)19(24-25)21(28)26-12-13-9-16(18(26)10-13)23-20(27)14-5-4-8-22-11-14/h2-8,11,13,16,18H,9-10,12H2,1H3,(H,23,27)/t13-,16+,18-/m1/s1. The molecule has 2 aromatic heterocycles. The lowest BCUT2D eigenvalue weighted by Gasteiger charge is -2.33. The number of carbonyl (C=O) groups is 2. The number of aryl methyl sites for hydroxylation is 1. The molecule has 1 aromatic carbocycles. The molecule has 1 aliphatic carbocycles. The Balaban J connectivity index is 1.38. The molecule has 1 aliphatic heterocycles. The highest BCUT2D eigenvalue weighted by molar-refractivity contribution is 6.05. The van der Waals surface area contributed by atoms with Gasteiger partial charge in [0.05, 0.1) is 17.1 Å². The average molecular weight is 375 g/mol. The van der Waals surface area contributed by atoms with E-state index in [1.54, 1.807) is 29.2 Å². The first-order valence-corrected chi connectivity index (χ1v) is 9.55. The summed E-state index contributed by atoms with van der Waals surface area (Å²) in [4.78, 5) is 31.7. The summed E-state index contributed by atoms with van der Waals surface area (Å²) < 4.78 is 1.75. The Kier molecular flexibility index (Phi) is 3.89. The van der Waals surface area contributed by atoms with Crippen molar-refractivity contribution < 1.29 is 9.59 Å². The minimum absolute atomic E-state index is 0.0129. The van der Waals surface area contributed by atoms with Crippen LogP contribution in [0.4, 0.5) is 0 Å². The van der Waals surface area contributed by atoms with Gasteiger partial charge in [0.2, 0.25) is 0 Å². The van der Waals surface area contributed by atoms with Crippen LogP contribution in [-0.2, 0) is 7.05 Å². The number of rotatable bonds is 3. The zero-order chi connectivity index (χ0) is 19.3. The van der Waals surface area contributed by atoms with Crippen molar-refractivity contribution in [3.8, 4) is 0 Å². The molecule has 3 aromatic rings. The molecule has 3 heterocycles. The molecule has 2 fully saturated rings. The summed E-state index contributed by atoms with van der Waals surface area (Å²) in [5.74, 6) is 0.231. The van der Waals surface area contributed by atoms with Gasteiger partial charge in [0, 0.05) is 37.4 Å². The van der Waals surface area contributed by atoms with Gasteiger partial charge in [-0.2, -0.15) is 5.10 Å². The molecule has 5 rings (SSSR count). The van der Waals surface area contributed by atoms with Crippen LogP contribution in [0.15, 0.2) is 48.8 Å². The van der Waals surface area contributed by atoms with Crippen LogP contribution in [0.3, 0.4) is 0 Å². The summed E-state index contributed by atoms with van der Waals surface area (Å²) in [6.07, 6.45) is 5.04. The van der Waals surface area contributed by atoms with Gasteiger partial charge in [-0.1, -0.05) is 18.2 Å². The molecule has 1 saturated heterocycles. The molecular formula is C21H21N5O2. The van der Waals surface area contributed by atoms with E-state index < -0.39 is 0 Å². The largest absolute Gasteiger partial charge is 0.347 e. The number of benzene rings is 1. The Bertz CT molecular complexity index is 1060. The minimum Gasteiger partial charge on any atom is -0.347 e. The molecule has 142 valence electrons. The Labute approximate surface area is 162 Å². The van der Waals surface area contributed by atoms with Gasteiger partial charge in [0.25, 0.3) is 11.8 Å². The topological polar surface area (TPSA) is 80.1 Å². The summed E-state index contributed by atoms with van der Waals surface area (Å²) in [6, 6.07) is 11.2. The molecule has 0 unspecified atom stereocenters. The number of likely N-dealkylation sites (tertiary alicyclic amines) is 1. The third kappa shape index (κ3) is 2.66. The summed E-state index contributed by atoms with van der Waals surface area (Å²) in [7, 11) is 1.85. The number of aromatic nitrogens is 3. The molecule has 7 heteroatoms. The van der Waals surface area contributed by atoms with E-state index in [-0.39, 0.29) is 23.9 Å². The van der Waals surface area contributed by atoms with Crippen molar-refractivity contribution in [2.45, 2.75) is 24.9 Å². The number of nitrogens with zero attached hydrogens (tertiary/aromatic N) is 4. The number of para-hydroxylation sites is 1. The van der Waals surface area contributed by atoms with Gasteiger partial charge in [-0.15, -0.1) is 0 Å². The molecule has 0 radical (unpaired) electrons. The van der Waals surface area contributed by atoms with Crippen LogP contribution in [-0.4, -0.2) is 50.1 Å². The van der Waals surface area contributed by atoms with Gasteiger partial charge in [-0.25, -0.2) is 0 Å². The molecule has 2 amide bonds. The molecular weight excluding hydrogens is 354 g/mol. The Morgan fingerprint density at radius 1 is 1.14 bits per heavy atom. The summed E-state index contributed by atoms with van der Waals surface area (Å²) in [6.45, 7) is 0.730. The predicted octanol–water partition coefficient (Wildman–Crippen LogP) is 2.00. The number of carbonyl (C=O) groups excluding carboxylic acids is 2. The maximum atomic E-state index is 13.3. The van der Waals surface area contributed by atoms with Crippen molar-refractivity contribution in [1.82, 2.24) is 25.0 Å². The van der Waals surface area contributed by atoms with Crippen molar-refractivity contribution in [2.75, 3.05) is 6.54 Å². The maximum absolute atomic E-state index is 13.3. The smallest absolute Gasteiger partial charge is 0.275 e. The van der Waals surface area contributed by atoms with E-state index in [9.17, 15) is 9.59 Å². The third-order valence-electron chi connectivity index (χ3n) is 5.94. The Morgan fingerprint density at radius 3 is 2.79 bits per heavy atom. The van der Waals surface area contributed by atoms with E-state index in [1.165, 1.54) is 0 Å². The van der Waals surface area contributed by atoms with Crippen molar-refractivity contribution in [3.63, 3.8) is 0 Å². The van der Waals surface area contributed by atoms with E-state index in [0.717, 1.165) is 30.3 Å². The highest BCUT2D eigenvalue weighted by Gasteiger charge is 2.48. The number of pyridine rings is 1. The van der Waals surface area contributed by atoms with Crippen LogP contribution < -0.4 is 5.32 Å². The van der Waals surface area contributed by atoms with Gasteiger partial charge in [0.15, 0.2) is 5.69 Å². The highest BCUT2D eigenvalue weighted by Crippen LogP contribution is 2.39. The van der Waals surface area contributed by atoms with Gasteiger partial charge < -0.3 is 10.2 Å². The van der Waals surface area contributed by atoms with Crippen LogP contribution in [0.5, 0.6) is 0 Å². The van der Waals surface area contributed by atoms with Crippen LogP contribution in [0.1, 0.15) is 33.7 Å². The number of fused-ring (bicyclic) bond motifs is 3. The fraction of sp³-hybridized carbons (Fsp3) is 0.333. The Morgan fingerprint density at radius 2 is 2.00 bits per heavy atom. The van der Waals surface area contributed by atoms with E-state index in [0.29, 0.717) is 17.2 Å². The van der Waals surface area contributed by atoms with Crippen LogP contribution in [0, 0.1) is 5.92 Å². The van der Waals surface area contributed by atoms with E-state index in [1.807, 2.05) is 36.2 Å². The van der Waals surface area contributed by atoms with Crippen molar-refractivity contribution in [3.05, 3.63) is 60.0 Å². The van der Waals surface area contributed by atoms with Crippen LogP contribution in [0.25, 0.3) is 10.9 Å². The van der Waals surface area contributed by atoms with Crippen molar-refractivity contribution in [1.29, 1.82) is 0 Å². The van der Waals surface area contributed by atoms with E-state index in [2.05, 4.69) is 15.4 Å². The molecule has 1 saturated carbocycles.